The Morgan fingerprint density at radius 2 is 2.00 bits per heavy atom. The van der Waals surface area contributed by atoms with E-state index in [9.17, 15) is 13.2 Å². The highest BCUT2D eigenvalue weighted by atomic mass is 19.4. The maximum Gasteiger partial charge on any atom is 0.430 e. The molecule has 0 aliphatic rings. The topological polar surface area (TPSA) is 49.9 Å². The molecule has 0 radical (unpaired) electrons. The Labute approximate surface area is 74.4 Å². The first-order valence-corrected chi connectivity index (χ1v) is 3.60. The van der Waals surface area contributed by atoms with E-state index in [2.05, 4.69) is 6.58 Å². The highest BCUT2D eigenvalue weighted by molar-refractivity contribution is 6.06. The largest absolute Gasteiger partial charge is 0.430 e. The molecule has 0 saturated heterocycles. The van der Waals surface area contributed by atoms with Crippen LogP contribution in [0.3, 0.4) is 0 Å². The fraction of sp³-hybridized carbons (Fsp3) is 0.375. The van der Waals surface area contributed by atoms with E-state index < -0.39 is 11.9 Å². The standard InChI is InChI=1S/C8H11F3N2/c1-3-5(2)6(12)4-7(13)8(9,10)11/h4,12H,2-3,13H2,1H3. The van der Waals surface area contributed by atoms with Crippen LogP contribution in [-0.2, 0) is 0 Å². The molecule has 0 aromatic rings. The van der Waals surface area contributed by atoms with Crippen LogP contribution in [0.5, 0.6) is 0 Å². The quantitative estimate of drug-likeness (QED) is 0.662. The molecular formula is C8H11F3N2. The van der Waals surface area contributed by atoms with Crippen LogP contribution in [0, 0.1) is 5.41 Å². The van der Waals surface area contributed by atoms with Gasteiger partial charge in [0.25, 0.3) is 0 Å². The molecule has 0 aromatic carbocycles. The van der Waals surface area contributed by atoms with Crippen molar-refractivity contribution in [3.8, 4) is 0 Å². The predicted molar refractivity (Wildman–Crippen MR) is 45.5 cm³/mol. The highest BCUT2D eigenvalue weighted by Crippen LogP contribution is 2.21. The van der Waals surface area contributed by atoms with Gasteiger partial charge in [0.1, 0.15) is 5.70 Å². The average molecular weight is 192 g/mol. The smallest absolute Gasteiger partial charge is 0.395 e. The number of alkyl halides is 3. The van der Waals surface area contributed by atoms with E-state index in [0.29, 0.717) is 18.1 Å². The van der Waals surface area contributed by atoms with Crippen molar-refractivity contribution in [2.24, 2.45) is 5.73 Å². The molecule has 13 heavy (non-hydrogen) atoms. The fourth-order valence-corrected chi connectivity index (χ4v) is 0.530. The molecular weight excluding hydrogens is 181 g/mol. The van der Waals surface area contributed by atoms with Gasteiger partial charge in [0.15, 0.2) is 0 Å². The zero-order chi connectivity index (χ0) is 10.6. The second kappa shape index (κ2) is 4.11. The Morgan fingerprint density at radius 1 is 1.54 bits per heavy atom. The molecule has 0 rings (SSSR count). The fourth-order valence-electron chi connectivity index (χ4n) is 0.530. The Kier molecular flexibility index (Phi) is 3.71. The SMILES string of the molecule is C=C(CC)C(=N)C=C(N)C(F)(F)F. The van der Waals surface area contributed by atoms with Crippen molar-refractivity contribution >= 4 is 5.71 Å². The maximum absolute atomic E-state index is 11.9. The van der Waals surface area contributed by atoms with Gasteiger partial charge in [-0.15, -0.1) is 0 Å². The second-order valence-electron chi connectivity index (χ2n) is 2.47. The molecule has 0 amide bonds. The minimum absolute atomic E-state index is 0.280. The molecule has 3 N–H and O–H groups in total. The Morgan fingerprint density at radius 3 is 2.31 bits per heavy atom. The van der Waals surface area contributed by atoms with Crippen molar-refractivity contribution < 1.29 is 13.2 Å². The zero-order valence-corrected chi connectivity index (χ0v) is 7.20. The van der Waals surface area contributed by atoms with Gasteiger partial charge >= 0.3 is 6.18 Å². The van der Waals surface area contributed by atoms with Crippen molar-refractivity contribution in [1.82, 2.24) is 0 Å². The van der Waals surface area contributed by atoms with Gasteiger partial charge in [0.2, 0.25) is 0 Å². The van der Waals surface area contributed by atoms with Gasteiger partial charge in [-0.05, 0) is 18.1 Å². The average Bonchev–Trinajstić information content (AvgIpc) is 2.01. The molecule has 0 saturated carbocycles. The van der Waals surface area contributed by atoms with Gasteiger partial charge in [0, 0.05) is 0 Å². The Balaban J connectivity index is 4.59. The number of nitrogens with one attached hydrogen (secondary N) is 1. The van der Waals surface area contributed by atoms with Crippen LogP contribution in [0.25, 0.3) is 0 Å². The molecule has 2 nitrogen and oxygen atoms in total. The molecule has 0 aliphatic heterocycles. The third-order valence-corrected chi connectivity index (χ3v) is 1.43. The molecule has 5 heteroatoms. The van der Waals surface area contributed by atoms with Gasteiger partial charge in [0.05, 0.1) is 5.71 Å². The summed E-state index contributed by atoms with van der Waals surface area (Å²) in [5.74, 6) is 0. The molecule has 74 valence electrons. The molecule has 0 bridgehead atoms. The molecule has 0 heterocycles. The highest BCUT2D eigenvalue weighted by Gasteiger charge is 2.31. The first-order chi connectivity index (χ1) is 5.79. The van der Waals surface area contributed by atoms with Gasteiger partial charge in [-0.2, -0.15) is 13.2 Å². The van der Waals surface area contributed by atoms with Crippen molar-refractivity contribution in [2.75, 3.05) is 0 Å². The number of rotatable bonds is 3. The van der Waals surface area contributed by atoms with E-state index in [1.807, 2.05) is 0 Å². The van der Waals surface area contributed by atoms with Crippen molar-refractivity contribution in [3.05, 3.63) is 23.9 Å². The zero-order valence-electron chi connectivity index (χ0n) is 7.20. The minimum Gasteiger partial charge on any atom is -0.395 e. The molecule has 0 fully saturated rings. The number of allylic oxidation sites excluding steroid dienone is 3. The van der Waals surface area contributed by atoms with Crippen LogP contribution in [0.15, 0.2) is 23.9 Å². The number of hydrogen-bond donors (Lipinski definition) is 2. The van der Waals surface area contributed by atoms with E-state index in [0.717, 1.165) is 0 Å². The van der Waals surface area contributed by atoms with Crippen LogP contribution >= 0.6 is 0 Å². The van der Waals surface area contributed by atoms with E-state index in [-0.39, 0.29) is 5.71 Å². The van der Waals surface area contributed by atoms with E-state index in [1.54, 1.807) is 6.92 Å². The van der Waals surface area contributed by atoms with Crippen LogP contribution in [0.2, 0.25) is 0 Å². The monoisotopic (exact) mass is 192 g/mol. The molecule has 0 aromatic heterocycles. The summed E-state index contributed by atoms with van der Waals surface area (Å²) in [5.41, 5.74) is 3.47. The first-order valence-electron chi connectivity index (χ1n) is 3.60. The summed E-state index contributed by atoms with van der Waals surface area (Å²) in [6.07, 6.45) is -3.56. The molecule has 0 unspecified atom stereocenters. The van der Waals surface area contributed by atoms with Gasteiger partial charge in [-0.3, -0.25) is 0 Å². The third-order valence-electron chi connectivity index (χ3n) is 1.43. The number of hydrogen-bond acceptors (Lipinski definition) is 2. The summed E-state index contributed by atoms with van der Waals surface area (Å²) in [4.78, 5) is 0. The summed E-state index contributed by atoms with van der Waals surface area (Å²) in [6, 6.07) is 0. The number of nitrogens with two attached hydrogens (primary N) is 1. The Hall–Kier alpha value is -1.26. The first kappa shape index (κ1) is 11.7. The van der Waals surface area contributed by atoms with Crippen LogP contribution in [0.4, 0.5) is 13.2 Å². The van der Waals surface area contributed by atoms with Gasteiger partial charge < -0.3 is 11.1 Å². The van der Waals surface area contributed by atoms with Gasteiger partial charge in [-0.1, -0.05) is 13.5 Å². The molecule has 0 aliphatic carbocycles. The van der Waals surface area contributed by atoms with E-state index >= 15 is 0 Å². The summed E-state index contributed by atoms with van der Waals surface area (Å²) in [7, 11) is 0. The predicted octanol–water partition coefficient (Wildman–Crippen LogP) is 2.38. The summed E-state index contributed by atoms with van der Waals surface area (Å²) in [6.45, 7) is 5.12. The third kappa shape index (κ3) is 3.78. The van der Waals surface area contributed by atoms with Crippen LogP contribution in [0.1, 0.15) is 13.3 Å². The lowest BCUT2D eigenvalue weighted by Crippen LogP contribution is -2.20. The maximum atomic E-state index is 11.9. The Bertz CT molecular complexity index is 251. The van der Waals surface area contributed by atoms with Crippen LogP contribution in [-0.4, -0.2) is 11.9 Å². The van der Waals surface area contributed by atoms with E-state index in [1.165, 1.54) is 0 Å². The van der Waals surface area contributed by atoms with Crippen molar-refractivity contribution in [3.63, 3.8) is 0 Å². The van der Waals surface area contributed by atoms with Crippen molar-refractivity contribution in [1.29, 1.82) is 5.41 Å². The van der Waals surface area contributed by atoms with E-state index in [4.69, 9.17) is 11.1 Å². The summed E-state index contributed by atoms with van der Waals surface area (Å²) in [5, 5.41) is 7.15. The molecule has 0 spiro atoms. The summed E-state index contributed by atoms with van der Waals surface area (Å²) < 4.78 is 35.6. The van der Waals surface area contributed by atoms with Gasteiger partial charge in [-0.25, -0.2) is 0 Å². The number of halogens is 3. The lowest BCUT2D eigenvalue weighted by molar-refractivity contribution is -0.0925. The normalized spacial score (nSPS) is 12.8. The lowest BCUT2D eigenvalue weighted by atomic mass is 10.1. The lowest BCUT2D eigenvalue weighted by Gasteiger charge is -2.06. The second-order valence-corrected chi connectivity index (χ2v) is 2.47. The minimum atomic E-state index is -4.57. The summed E-state index contributed by atoms with van der Waals surface area (Å²) >= 11 is 0. The van der Waals surface area contributed by atoms with Crippen molar-refractivity contribution in [2.45, 2.75) is 19.5 Å². The van der Waals surface area contributed by atoms with Crippen LogP contribution < -0.4 is 5.73 Å². The molecule has 0 atom stereocenters.